The van der Waals surface area contributed by atoms with Gasteiger partial charge in [0, 0.05) is 17.4 Å². The maximum atomic E-state index is 12.2. The van der Waals surface area contributed by atoms with E-state index in [2.05, 4.69) is 6.92 Å². The minimum absolute atomic E-state index is 0.137. The number of ketones is 1. The summed E-state index contributed by atoms with van der Waals surface area (Å²) >= 11 is 0. The number of fused-ring (bicyclic) bond motifs is 2. The Balaban J connectivity index is 1.25. The van der Waals surface area contributed by atoms with E-state index in [1.54, 1.807) is 13.0 Å². The van der Waals surface area contributed by atoms with Crippen molar-refractivity contribution in [2.75, 3.05) is 26.4 Å². The number of hydrogen-bond donors (Lipinski definition) is 0. The van der Waals surface area contributed by atoms with Crippen LogP contribution < -0.4 is 14.2 Å². The number of esters is 1. The third kappa shape index (κ3) is 5.78. The lowest BCUT2D eigenvalue weighted by molar-refractivity contribution is 0.0492. The maximum Gasteiger partial charge on any atom is 0.374 e. The second-order valence-electron chi connectivity index (χ2n) is 8.45. The Morgan fingerprint density at radius 2 is 1.80 bits per heavy atom. The molecule has 0 saturated heterocycles. The topological polar surface area (TPSA) is 84.2 Å². The summed E-state index contributed by atoms with van der Waals surface area (Å²) < 4.78 is 28.5. The fraction of sp³-hybridized carbons (Fsp3) is 0.429. The van der Waals surface area contributed by atoms with Crippen molar-refractivity contribution in [3.63, 3.8) is 0 Å². The van der Waals surface area contributed by atoms with Crippen molar-refractivity contribution in [2.24, 2.45) is 0 Å². The van der Waals surface area contributed by atoms with Crippen LogP contribution in [0.3, 0.4) is 0 Å². The summed E-state index contributed by atoms with van der Waals surface area (Å²) in [5, 5.41) is 0.803. The minimum atomic E-state index is -0.478. The van der Waals surface area contributed by atoms with E-state index in [9.17, 15) is 9.59 Å². The van der Waals surface area contributed by atoms with Gasteiger partial charge in [-0.15, -0.1) is 0 Å². The summed E-state index contributed by atoms with van der Waals surface area (Å²) in [4.78, 5) is 24.1. The quantitative estimate of drug-likeness (QED) is 0.227. The Bertz CT molecular complexity index is 1180. The van der Waals surface area contributed by atoms with Gasteiger partial charge in [-0.25, -0.2) is 4.79 Å². The lowest BCUT2D eigenvalue weighted by Crippen LogP contribution is -2.17. The van der Waals surface area contributed by atoms with Gasteiger partial charge in [0.1, 0.15) is 11.5 Å². The SMILES string of the molecule is CCCc1c(OCCCCCOc2cccc3cc(C(=O)OCC)oc23)ccc2c1OCCC2=O. The molecule has 0 aliphatic carbocycles. The van der Waals surface area contributed by atoms with E-state index in [4.69, 9.17) is 23.4 Å². The van der Waals surface area contributed by atoms with Crippen molar-refractivity contribution < 1.29 is 33.0 Å². The number of para-hydroxylation sites is 1. The van der Waals surface area contributed by atoms with Gasteiger partial charge in [-0.3, -0.25) is 4.79 Å². The highest BCUT2D eigenvalue weighted by molar-refractivity contribution is 6.00. The van der Waals surface area contributed by atoms with E-state index >= 15 is 0 Å². The molecule has 0 amide bonds. The van der Waals surface area contributed by atoms with Gasteiger partial charge in [-0.1, -0.05) is 25.5 Å². The van der Waals surface area contributed by atoms with Gasteiger partial charge in [0.25, 0.3) is 0 Å². The zero-order valence-electron chi connectivity index (χ0n) is 20.4. The van der Waals surface area contributed by atoms with Crippen LogP contribution in [0.4, 0.5) is 0 Å². The molecule has 3 aromatic rings. The largest absolute Gasteiger partial charge is 0.493 e. The molecular weight excluding hydrogens is 448 g/mol. The minimum Gasteiger partial charge on any atom is -0.493 e. The van der Waals surface area contributed by atoms with Gasteiger partial charge >= 0.3 is 5.97 Å². The molecule has 7 nitrogen and oxygen atoms in total. The van der Waals surface area contributed by atoms with Crippen molar-refractivity contribution in [3.8, 4) is 17.2 Å². The molecule has 2 aromatic carbocycles. The molecule has 7 heteroatoms. The summed E-state index contributed by atoms with van der Waals surface area (Å²) in [6.07, 6.45) is 4.87. The Kier molecular flexibility index (Phi) is 8.29. The van der Waals surface area contributed by atoms with Crippen LogP contribution in [0.1, 0.15) is 72.4 Å². The van der Waals surface area contributed by atoms with E-state index in [1.165, 1.54) is 0 Å². The van der Waals surface area contributed by atoms with Crippen molar-refractivity contribution in [1.29, 1.82) is 0 Å². The highest BCUT2D eigenvalue weighted by atomic mass is 16.5. The lowest BCUT2D eigenvalue weighted by Gasteiger charge is -2.22. The zero-order valence-corrected chi connectivity index (χ0v) is 20.4. The summed E-state index contributed by atoms with van der Waals surface area (Å²) in [6, 6.07) is 11.0. The van der Waals surface area contributed by atoms with Crippen molar-refractivity contribution in [3.05, 3.63) is 53.3 Å². The van der Waals surface area contributed by atoms with E-state index in [-0.39, 0.29) is 11.5 Å². The molecule has 0 N–H and O–H groups in total. The number of unbranched alkanes of at least 4 members (excludes halogenated alkanes) is 2. The second-order valence-corrected chi connectivity index (χ2v) is 8.45. The average Bonchev–Trinajstić information content (AvgIpc) is 3.30. The van der Waals surface area contributed by atoms with E-state index in [1.807, 2.05) is 30.3 Å². The lowest BCUT2D eigenvalue weighted by atomic mass is 9.98. The number of hydrogen-bond acceptors (Lipinski definition) is 7. The molecule has 1 aromatic heterocycles. The van der Waals surface area contributed by atoms with Crippen LogP contribution in [-0.4, -0.2) is 38.2 Å². The van der Waals surface area contributed by atoms with Crippen molar-refractivity contribution >= 4 is 22.7 Å². The molecule has 0 radical (unpaired) electrons. The number of ether oxygens (including phenoxy) is 4. The van der Waals surface area contributed by atoms with Crippen LogP contribution in [0.2, 0.25) is 0 Å². The first-order chi connectivity index (χ1) is 17.1. The standard InChI is InChI=1S/C28H32O7/c1-3-9-21-23(13-12-20-22(29)14-17-34-27(20)21)32-15-6-5-7-16-33-24-11-8-10-19-18-25(35-26(19)24)28(30)31-4-2/h8,10-13,18H,3-7,9,14-17H2,1-2H3. The third-order valence-corrected chi connectivity index (χ3v) is 5.88. The molecule has 0 fully saturated rings. The van der Waals surface area contributed by atoms with Gasteiger partial charge in [0.05, 0.1) is 32.0 Å². The zero-order chi connectivity index (χ0) is 24.6. The summed E-state index contributed by atoms with van der Waals surface area (Å²) in [5.74, 6) is 1.95. The van der Waals surface area contributed by atoms with Crippen molar-refractivity contribution in [2.45, 2.75) is 52.4 Å². The molecule has 0 bridgehead atoms. The number of carbonyl (C=O) groups excluding carboxylic acids is 2. The Morgan fingerprint density at radius 1 is 1.00 bits per heavy atom. The molecule has 186 valence electrons. The number of benzene rings is 2. The second kappa shape index (κ2) is 11.8. The predicted octanol–water partition coefficient (Wildman–Crippen LogP) is 6.16. The number of rotatable bonds is 12. The Morgan fingerprint density at radius 3 is 2.57 bits per heavy atom. The third-order valence-electron chi connectivity index (χ3n) is 5.88. The Hall–Kier alpha value is -3.48. The highest BCUT2D eigenvalue weighted by Crippen LogP contribution is 2.36. The molecule has 0 unspecified atom stereocenters. The summed E-state index contributed by atoms with van der Waals surface area (Å²) in [7, 11) is 0. The molecule has 0 saturated carbocycles. The number of furan rings is 1. The van der Waals surface area contributed by atoms with Gasteiger partial charge in [-0.05, 0) is 56.9 Å². The fourth-order valence-electron chi connectivity index (χ4n) is 4.19. The molecular formula is C28H32O7. The smallest absolute Gasteiger partial charge is 0.374 e. The first kappa shape index (κ1) is 24.6. The average molecular weight is 481 g/mol. The first-order valence-corrected chi connectivity index (χ1v) is 12.4. The molecule has 1 aliphatic heterocycles. The fourth-order valence-corrected chi connectivity index (χ4v) is 4.19. The molecule has 35 heavy (non-hydrogen) atoms. The molecule has 1 aliphatic rings. The van der Waals surface area contributed by atoms with Crippen molar-refractivity contribution in [1.82, 2.24) is 0 Å². The maximum absolute atomic E-state index is 12.2. The van der Waals surface area contributed by atoms with Crippen LogP contribution in [0, 0.1) is 0 Å². The normalized spacial score (nSPS) is 12.8. The van der Waals surface area contributed by atoms with Crippen LogP contribution in [0.15, 0.2) is 40.8 Å². The molecule has 0 atom stereocenters. The monoisotopic (exact) mass is 480 g/mol. The van der Waals surface area contributed by atoms with Gasteiger partial charge in [0.2, 0.25) is 5.76 Å². The number of Topliss-reactive ketones (excluding diaryl/α,β-unsaturated/α-hetero) is 1. The van der Waals surface area contributed by atoms with E-state index in [0.29, 0.717) is 55.5 Å². The predicted molar refractivity (Wildman–Crippen MR) is 132 cm³/mol. The van der Waals surface area contributed by atoms with Crippen LogP contribution in [0.5, 0.6) is 17.2 Å². The first-order valence-electron chi connectivity index (χ1n) is 12.4. The summed E-state index contributed by atoms with van der Waals surface area (Å²) in [5.41, 5.74) is 2.22. The van der Waals surface area contributed by atoms with E-state index in [0.717, 1.165) is 48.8 Å². The number of carbonyl (C=O) groups is 2. The highest BCUT2D eigenvalue weighted by Gasteiger charge is 2.23. The molecule has 0 spiro atoms. The summed E-state index contributed by atoms with van der Waals surface area (Å²) in [6.45, 7) is 5.71. The van der Waals surface area contributed by atoms with Crippen LogP contribution >= 0.6 is 0 Å². The van der Waals surface area contributed by atoms with Gasteiger partial charge < -0.3 is 23.4 Å². The van der Waals surface area contributed by atoms with Gasteiger partial charge in [0.15, 0.2) is 17.1 Å². The van der Waals surface area contributed by atoms with E-state index < -0.39 is 5.97 Å². The van der Waals surface area contributed by atoms with Gasteiger partial charge in [-0.2, -0.15) is 0 Å². The van der Waals surface area contributed by atoms with Crippen LogP contribution in [0.25, 0.3) is 11.0 Å². The molecule has 4 rings (SSSR count). The molecule has 2 heterocycles. The van der Waals surface area contributed by atoms with Crippen LogP contribution in [-0.2, 0) is 11.2 Å². The Labute approximate surface area is 205 Å².